The molecule has 100 valence electrons. The summed E-state index contributed by atoms with van der Waals surface area (Å²) < 4.78 is 7.19. The summed E-state index contributed by atoms with van der Waals surface area (Å²) in [6.07, 6.45) is 2.35. The van der Waals surface area contributed by atoms with Crippen LogP contribution in [0.2, 0.25) is 0 Å². The Morgan fingerprint density at radius 3 is 2.84 bits per heavy atom. The standard InChI is InChI=1S/C13H15N3O3/c1-11-5-2-3-6-12(11)19-10-4-8-15-9-7-13(14-15)16(17)18/h2-3,5-7,9H,4,8,10H2,1H3. The summed E-state index contributed by atoms with van der Waals surface area (Å²) in [5, 5.41) is 14.3. The summed E-state index contributed by atoms with van der Waals surface area (Å²) in [7, 11) is 0. The third kappa shape index (κ3) is 3.54. The minimum Gasteiger partial charge on any atom is -0.493 e. The van der Waals surface area contributed by atoms with Gasteiger partial charge in [0.25, 0.3) is 0 Å². The van der Waals surface area contributed by atoms with Gasteiger partial charge in [-0.15, -0.1) is 0 Å². The van der Waals surface area contributed by atoms with Crippen molar-refractivity contribution in [3.8, 4) is 5.75 Å². The van der Waals surface area contributed by atoms with Gasteiger partial charge < -0.3 is 14.9 Å². The van der Waals surface area contributed by atoms with Crippen LogP contribution in [0.1, 0.15) is 12.0 Å². The molecular weight excluding hydrogens is 246 g/mol. The van der Waals surface area contributed by atoms with Crippen molar-refractivity contribution in [1.29, 1.82) is 0 Å². The molecule has 0 radical (unpaired) electrons. The quantitative estimate of drug-likeness (QED) is 0.455. The first-order valence-electron chi connectivity index (χ1n) is 6.03. The number of benzene rings is 1. The largest absolute Gasteiger partial charge is 0.493 e. The molecule has 0 N–H and O–H groups in total. The number of nitrogens with zero attached hydrogens (tertiary/aromatic N) is 3. The fourth-order valence-electron chi connectivity index (χ4n) is 1.70. The number of para-hydroxylation sites is 1. The Hall–Kier alpha value is -2.37. The third-order valence-electron chi connectivity index (χ3n) is 2.70. The van der Waals surface area contributed by atoms with Gasteiger partial charge in [0.1, 0.15) is 5.75 Å². The van der Waals surface area contributed by atoms with Gasteiger partial charge in [0.05, 0.1) is 30.5 Å². The second-order valence-electron chi connectivity index (χ2n) is 4.16. The van der Waals surface area contributed by atoms with E-state index in [1.807, 2.05) is 31.2 Å². The van der Waals surface area contributed by atoms with E-state index in [9.17, 15) is 10.1 Å². The van der Waals surface area contributed by atoms with Crippen molar-refractivity contribution in [1.82, 2.24) is 9.78 Å². The third-order valence-corrected chi connectivity index (χ3v) is 2.70. The van der Waals surface area contributed by atoms with Gasteiger partial charge in [-0.3, -0.25) is 0 Å². The highest BCUT2D eigenvalue weighted by molar-refractivity contribution is 5.31. The molecular formula is C13H15N3O3. The molecule has 1 aromatic carbocycles. The van der Waals surface area contributed by atoms with Crippen LogP contribution in [0.15, 0.2) is 36.5 Å². The average molecular weight is 261 g/mol. The molecule has 2 rings (SSSR count). The van der Waals surface area contributed by atoms with Crippen LogP contribution in [0.4, 0.5) is 5.82 Å². The first-order chi connectivity index (χ1) is 9.16. The van der Waals surface area contributed by atoms with Crippen molar-refractivity contribution in [2.75, 3.05) is 6.61 Å². The predicted octanol–water partition coefficient (Wildman–Crippen LogP) is 2.57. The minimum absolute atomic E-state index is 0.125. The lowest BCUT2D eigenvalue weighted by Gasteiger charge is -2.07. The van der Waals surface area contributed by atoms with Gasteiger partial charge >= 0.3 is 5.82 Å². The van der Waals surface area contributed by atoms with Crippen LogP contribution in [0, 0.1) is 17.0 Å². The normalized spacial score (nSPS) is 10.4. The first kappa shape index (κ1) is 13.1. The maximum atomic E-state index is 10.5. The monoisotopic (exact) mass is 261 g/mol. The van der Waals surface area contributed by atoms with Gasteiger partial charge in [-0.05, 0) is 23.5 Å². The molecule has 2 aromatic rings. The topological polar surface area (TPSA) is 70.2 Å². The summed E-state index contributed by atoms with van der Waals surface area (Å²) in [6.45, 7) is 3.14. The average Bonchev–Trinajstić information content (AvgIpc) is 2.85. The highest BCUT2D eigenvalue weighted by Crippen LogP contribution is 2.16. The van der Waals surface area contributed by atoms with Gasteiger partial charge in [0.15, 0.2) is 0 Å². The van der Waals surface area contributed by atoms with E-state index < -0.39 is 4.92 Å². The van der Waals surface area contributed by atoms with Crippen molar-refractivity contribution in [2.24, 2.45) is 0 Å². The maximum absolute atomic E-state index is 10.5. The Morgan fingerprint density at radius 1 is 1.37 bits per heavy atom. The second kappa shape index (κ2) is 5.99. The Labute approximate surface area is 110 Å². The number of aryl methyl sites for hydroxylation is 2. The maximum Gasteiger partial charge on any atom is 0.389 e. The highest BCUT2D eigenvalue weighted by atomic mass is 16.6. The van der Waals surface area contributed by atoms with E-state index in [4.69, 9.17) is 4.74 Å². The molecule has 1 heterocycles. The van der Waals surface area contributed by atoms with E-state index in [-0.39, 0.29) is 5.82 Å². The predicted molar refractivity (Wildman–Crippen MR) is 70.2 cm³/mol. The molecule has 0 atom stereocenters. The summed E-state index contributed by atoms with van der Waals surface area (Å²) in [4.78, 5) is 9.97. The van der Waals surface area contributed by atoms with Gasteiger partial charge in [0, 0.05) is 6.42 Å². The highest BCUT2D eigenvalue weighted by Gasteiger charge is 2.10. The lowest BCUT2D eigenvalue weighted by atomic mass is 10.2. The fraction of sp³-hybridized carbons (Fsp3) is 0.308. The van der Waals surface area contributed by atoms with Crippen LogP contribution in [-0.4, -0.2) is 21.3 Å². The zero-order chi connectivity index (χ0) is 13.7. The van der Waals surface area contributed by atoms with Gasteiger partial charge in [0.2, 0.25) is 0 Å². The van der Waals surface area contributed by atoms with E-state index in [1.54, 1.807) is 10.9 Å². The van der Waals surface area contributed by atoms with Gasteiger partial charge in [-0.2, -0.15) is 4.68 Å². The molecule has 0 unspecified atom stereocenters. The lowest BCUT2D eigenvalue weighted by molar-refractivity contribution is -0.389. The van der Waals surface area contributed by atoms with E-state index in [2.05, 4.69) is 5.10 Å². The van der Waals surface area contributed by atoms with E-state index >= 15 is 0 Å². The number of nitro groups is 1. The zero-order valence-corrected chi connectivity index (χ0v) is 10.7. The Bertz CT molecular complexity index is 566. The summed E-state index contributed by atoms with van der Waals surface area (Å²) in [6, 6.07) is 9.20. The number of hydrogen-bond donors (Lipinski definition) is 0. The van der Waals surface area contributed by atoms with Crippen molar-refractivity contribution in [3.05, 3.63) is 52.2 Å². The summed E-state index contributed by atoms with van der Waals surface area (Å²) in [5.41, 5.74) is 1.09. The van der Waals surface area contributed by atoms with E-state index in [0.29, 0.717) is 13.2 Å². The van der Waals surface area contributed by atoms with Crippen LogP contribution in [0.25, 0.3) is 0 Å². The first-order valence-corrected chi connectivity index (χ1v) is 6.03. The number of rotatable bonds is 6. The summed E-state index contributed by atoms with van der Waals surface area (Å²) >= 11 is 0. The SMILES string of the molecule is Cc1ccccc1OCCCn1ccc([N+](=O)[O-])n1. The molecule has 0 amide bonds. The molecule has 0 saturated carbocycles. The Kier molecular flexibility index (Phi) is 4.12. The summed E-state index contributed by atoms with van der Waals surface area (Å²) in [5.74, 6) is 0.744. The molecule has 0 aliphatic carbocycles. The molecule has 0 saturated heterocycles. The number of hydrogen-bond acceptors (Lipinski definition) is 4. The van der Waals surface area contributed by atoms with E-state index in [0.717, 1.165) is 17.7 Å². The van der Waals surface area contributed by atoms with Crippen LogP contribution in [0.5, 0.6) is 5.75 Å². The Balaban J connectivity index is 1.77. The molecule has 19 heavy (non-hydrogen) atoms. The van der Waals surface area contributed by atoms with E-state index in [1.165, 1.54) is 6.07 Å². The molecule has 0 spiro atoms. The molecule has 0 aliphatic heterocycles. The molecule has 6 heteroatoms. The van der Waals surface area contributed by atoms with Crippen molar-refractivity contribution >= 4 is 5.82 Å². The molecule has 6 nitrogen and oxygen atoms in total. The van der Waals surface area contributed by atoms with Gasteiger partial charge in [-0.25, -0.2) is 0 Å². The van der Waals surface area contributed by atoms with Gasteiger partial charge in [-0.1, -0.05) is 18.2 Å². The molecule has 0 bridgehead atoms. The fourth-order valence-corrected chi connectivity index (χ4v) is 1.70. The molecule has 1 aromatic heterocycles. The Morgan fingerprint density at radius 2 is 2.16 bits per heavy atom. The minimum atomic E-state index is -0.500. The number of aromatic nitrogens is 2. The lowest BCUT2D eigenvalue weighted by Crippen LogP contribution is -2.06. The molecule has 0 aliphatic rings. The van der Waals surface area contributed by atoms with Crippen molar-refractivity contribution in [2.45, 2.75) is 19.9 Å². The number of ether oxygens (including phenoxy) is 1. The zero-order valence-electron chi connectivity index (χ0n) is 10.7. The van der Waals surface area contributed by atoms with Crippen LogP contribution in [0.3, 0.4) is 0 Å². The molecule has 0 fully saturated rings. The van der Waals surface area contributed by atoms with Crippen LogP contribution in [-0.2, 0) is 6.54 Å². The van der Waals surface area contributed by atoms with Crippen molar-refractivity contribution in [3.63, 3.8) is 0 Å². The van der Waals surface area contributed by atoms with Crippen LogP contribution >= 0.6 is 0 Å². The smallest absolute Gasteiger partial charge is 0.389 e. The second-order valence-corrected chi connectivity index (χ2v) is 4.16. The van der Waals surface area contributed by atoms with Crippen LogP contribution < -0.4 is 4.74 Å². The van der Waals surface area contributed by atoms with Crippen molar-refractivity contribution < 1.29 is 9.66 Å².